The average Bonchev–Trinajstić information content (AvgIpc) is 2.60. The first-order valence-corrected chi connectivity index (χ1v) is 4.91. The first-order chi connectivity index (χ1) is 5.97. The molecule has 0 spiro atoms. The van der Waals surface area contributed by atoms with Gasteiger partial charge in [0, 0.05) is 12.5 Å². The van der Waals surface area contributed by atoms with Gasteiger partial charge in [0.15, 0.2) is 0 Å². The van der Waals surface area contributed by atoms with Gasteiger partial charge in [0.25, 0.3) is 0 Å². The Morgan fingerprint density at radius 2 is 2.23 bits per heavy atom. The SMILES string of the molecule is CC(C)(C)OCN1C(=O)CC2CC21. The van der Waals surface area contributed by atoms with Crippen LogP contribution in [0.5, 0.6) is 0 Å². The van der Waals surface area contributed by atoms with E-state index in [-0.39, 0.29) is 11.5 Å². The number of piperidine rings is 1. The molecule has 2 fully saturated rings. The maximum atomic E-state index is 11.4. The minimum atomic E-state index is -0.146. The van der Waals surface area contributed by atoms with Crippen LogP contribution >= 0.6 is 0 Å². The zero-order valence-corrected chi connectivity index (χ0v) is 8.54. The van der Waals surface area contributed by atoms with Crippen LogP contribution in [0.25, 0.3) is 0 Å². The highest BCUT2D eigenvalue weighted by Gasteiger charge is 2.51. The molecular weight excluding hydrogens is 166 g/mol. The Morgan fingerprint density at radius 1 is 1.54 bits per heavy atom. The van der Waals surface area contributed by atoms with Crippen molar-refractivity contribution >= 4 is 5.91 Å². The van der Waals surface area contributed by atoms with Crippen LogP contribution in [0.2, 0.25) is 0 Å². The first-order valence-electron chi connectivity index (χ1n) is 4.91. The van der Waals surface area contributed by atoms with Gasteiger partial charge in [0.1, 0.15) is 6.73 Å². The van der Waals surface area contributed by atoms with Gasteiger partial charge in [-0.25, -0.2) is 0 Å². The molecule has 74 valence electrons. The van der Waals surface area contributed by atoms with E-state index >= 15 is 0 Å². The number of rotatable bonds is 2. The molecule has 1 amide bonds. The molecule has 1 saturated carbocycles. The number of amides is 1. The highest BCUT2D eigenvalue weighted by Crippen LogP contribution is 2.44. The molecule has 0 bridgehead atoms. The van der Waals surface area contributed by atoms with Crippen molar-refractivity contribution in [2.24, 2.45) is 5.92 Å². The lowest BCUT2D eigenvalue weighted by atomic mass is 10.2. The van der Waals surface area contributed by atoms with E-state index in [4.69, 9.17) is 4.74 Å². The fourth-order valence-electron chi connectivity index (χ4n) is 1.79. The van der Waals surface area contributed by atoms with Crippen LogP contribution < -0.4 is 0 Å². The van der Waals surface area contributed by atoms with Crippen molar-refractivity contribution in [3.05, 3.63) is 0 Å². The van der Waals surface area contributed by atoms with Gasteiger partial charge in [-0.1, -0.05) is 0 Å². The summed E-state index contributed by atoms with van der Waals surface area (Å²) >= 11 is 0. The highest BCUT2D eigenvalue weighted by molar-refractivity contribution is 5.80. The molecule has 1 saturated heterocycles. The van der Waals surface area contributed by atoms with Gasteiger partial charge in [-0.2, -0.15) is 0 Å². The molecule has 0 radical (unpaired) electrons. The monoisotopic (exact) mass is 183 g/mol. The van der Waals surface area contributed by atoms with Crippen molar-refractivity contribution in [1.29, 1.82) is 0 Å². The average molecular weight is 183 g/mol. The summed E-state index contributed by atoms with van der Waals surface area (Å²) < 4.78 is 5.59. The van der Waals surface area contributed by atoms with Crippen LogP contribution in [0, 0.1) is 5.92 Å². The van der Waals surface area contributed by atoms with Crippen LogP contribution in [-0.2, 0) is 9.53 Å². The number of carbonyl (C=O) groups excluding carboxylic acids is 1. The third-order valence-corrected chi connectivity index (χ3v) is 2.68. The standard InChI is InChI=1S/C10H17NO2/c1-10(2,3)13-6-11-8-4-7(8)5-9(11)12/h7-8H,4-6H2,1-3H3. The third kappa shape index (κ3) is 1.85. The van der Waals surface area contributed by atoms with Crippen LogP contribution in [0.1, 0.15) is 33.6 Å². The Balaban J connectivity index is 1.85. The van der Waals surface area contributed by atoms with Crippen molar-refractivity contribution < 1.29 is 9.53 Å². The molecule has 13 heavy (non-hydrogen) atoms. The van der Waals surface area contributed by atoms with Gasteiger partial charge in [0.05, 0.1) is 5.60 Å². The number of likely N-dealkylation sites (tertiary alicyclic amines) is 1. The van der Waals surface area contributed by atoms with Gasteiger partial charge in [-0.05, 0) is 33.1 Å². The lowest BCUT2D eigenvalue weighted by Gasteiger charge is -2.25. The van der Waals surface area contributed by atoms with E-state index in [9.17, 15) is 4.79 Å². The topological polar surface area (TPSA) is 29.5 Å². The van der Waals surface area contributed by atoms with E-state index in [1.165, 1.54) is 6.42 Å². The van der Waals surface area contributed by atoms with Crippen LogP contribution in [0.15, 0.2) is 0 Å². The fourth-order valence-corrected chi connectivity index (χ4v) is 1.79. The molecule has 1 heterocycles. The Kier molecular flexibility index (Phi) is 1.88. The van der Waals surface area contributed by atoms with E-state index in [1.54, 1.807) is 0 Å². The molecule has 2 rings (SSSR count). The second-order valence-corrected chi connectivity index (χ2v) is 5.02. The zero-order chi connectivity index (χ0) is 9.64. The highest BCUT2D eigenvalue weighted by atomic mass is 16.5. The van der Waals surface area contributed by atoms with Crippen molar-refractivity contribution in [2.45, 2.75) is 45.3 Å². The van der Waals surface area contributed by atoms with E-state index < -0.39 is 0 Å². The molecule has 0 aromatic rings. The molecule has 1 aliphatic carbocycles. The molecule has 3 nitrogen and oxygen atoms in total. The number of nitrogens with zero attached hydrogens (tertiary/aromatic N) is 1. The Morgan fingerprint density at radius 3 is 2.69 bits per heavy atom. The third-order valence-electron chi connectivity index (χ3n) is 2.68. The van der Waals surface area contributed by atoms with Crippen molar-refractivity contribution in [3.63, 3.8) is 0 Å². The maximum absolute atomic E-state index is 11.4. The predicted molar refractivity (Wildman–Crippen MR) is 49.1 cm³/mol. The van der Waals surface area contributed by atoms with Crippen molar-refractivity contribution in [3.8, 4) is 0 Å². The van der Waals surface area contributed by atoms with E-state index in [0.29, 0.717) is 18.7 Å². The van der Waals surface area contributed by atoms with Crippen molar-refractivity contribution in [1.82, 2.24) is 4.90 Å². The summed E-state index contributed by atoms with van der Waals surface area (Å²) in [6.45, 7) is 6.51. The zero-order valence-electron chi connectivity index (χ0n) is 8.54. The van der Waals surface area contributed by atoms with E-state index in [1.807, 2.05) is 25.7 Å². The van der Waals surface area contributed by atoms with Crippen LogP contribution in [-0.4, -0.2) is 29.2 Å². The molecule has 3 heteroatoms. The number of fused-ring (bicyclic) bond motifs is 1. The predicted octanol–water partition coefficient (Wildman–Crippen LogP) is 1.38. The first kappa shape index (κ1) is 9.00. The molecule has 1 aliphatic heterocycles. The quantitative estimate of drug-likeness (QED) is 0.647. The molecule has 2 unspecified atom stereocenters. The van der Waals surface area contributed by atoms with E-state index in [0.717, 1.165) is 6.42 Å². The minimum absolute atomic E-state index is 0.146. The Hall–Kier alpha value is -0.570. The number of carbonyl (C=O) groups is 1. The summed E-state index contributed by atoms with van der Waals surface area (Å²) in [7, 11) is 0. The van der Waals surface area contributed by atoms with Gasteiger partial charge in [0.2, 0.25) is 5.91 Å². The van der Waals surface area contributed by atoms with Crippen LogP contribution in [0.3, 0.4) is 0 Å². The van der Waals surface area contributed by atoms with Gasteiger partial charge >= 0.3 is 0 Å². The molecule has 2 atom stereocenters. The number of hydrogen-bond donors (Lipinski definition) is 0. The second-order valence-electron chi connectivity index (χ2n) is 5.02. The lowest BCUT2D eigenvalue weighted by molar-refractivity contribution is -0.139. The number of hydrogen-bond acceptors (Lipinski definition) is 2. The summed E-state index contributed by atoms with van der Waals surface area (Å²) in [4.78, 5) is 13.3. The smallest absolute Gasteiger partial charge is 0.225 e. The summed E-state index contributed by atoms with van der Waals surface area (Å²) in [6.07, 6.45) is 1.94. The second kappa shape index (κ2) is 2.71. The fraction of sp³-hybridized carbons (Fsp3) is 0.900. The molecule has 0 aromatic heterocycles. The summed E-state index contributed by atoms with van der Waals surface area (Å²) in [5, 5.41) is 0. The minimum Gasteiger partial charge on any atom is -0.355 e. The molecule has 0 N–H and O–H groups in total. The van der Waals surface area contributed by atoms with Gasteiger partial charge in [-0.3, -0.25) is 4.79 Å². The largest absolute Gasteiger partial charge is 0.355 e. The molecule has 0 aromatic carbocycles. The maximum Gasteiger partial charge on any atom is 0.225 e. The Bertz CT molecular complexity index is 232. The molecular formula is C10H17NO2. The molecule has 2 aliphatic rings. The lowest BCUT2D eigenvalue weighted by Crippen LogP contribution is -2.35. The normalized spacial score (nSPS) is 32.2. The van der Waals surface area contributed by atoms with Crippen LogP contribution in [0.4, 0.5) is 0 Å². The van der Waals surface area contributed by atoms with E-state index in [2.05, 4.69) is 0 Å². The van der Waals surface area contributed by atoms with Gasteiger partial charge < -0.3 is 9.64 Å². The summed E-state index contributed by atoms with van der Waals surface area (Å²) in [5.74, 6) is 0.918. The van der Waals surface area contributed by atoms with Gasteiger partial charge in [-0.15, -0.1) is 0 Å². The van der Waals surface area contributed by atoms with Crippen molar-refractivity contribution in [2.75, 3.05) is 6.73 Å². The summed E-state index contributed by atoms with van der Waals surface area (Å²) in [5.41, 5.74) is -0.146. The summed E-state index contributed by atoms with van der Waals surface area (Å²) in [6, 6.07) is 0.509. The number of ether oxygens (including phenoxy) is 1. The Labute approximate surface area is 79.0 Å².